The van der Waals surface area contributed by atoms with Crippen LogP contribution in [0.1, 0.15) is 26.7 Å². The lowest BCUT2D eigenvalue weighted by molar-refractivity contribution is -0.385. The molecular formula is C14H23N3O3. The molecule has 1 aromatic rings. The first-order chi connectivity index (χ1) is 9.70. The summed E-state index contributed by atoms with van der Waals surface area (Å²) in [6.45, 7) is 7.00. The molecule has 0 saturated carbocycles. The third kappa shape index (κ3) is 5.05. The van der Waals surface area contributed by atoms with Crippen molar-refractivity contribution in [3.63, 3.8) is 0 Å². The van der Waals surface area contributed by atoms with E-state index in [4.69, 9.17) is 4.74 Å². The van der Waals surface area contributed by atoms with E-state index in [0.717, 1.165) is 25.9 Å². The average molecular weight is 281 g/mol. The Labute approximate surface area is 119 Å². The van der Waals surface area contributed by atoms with E-state index in [1.165, 1.54) is 0 Å². The van der Waals surface area contributed by atoms with Crippen molar-refractivity contribution in [3.8, 4) is 5.75 Å². The molecule has 0 aliphatic carbocycles. The van der Waals surface area contributed by atoms with E-state index in [-0.39, 0.29) is 5.69 Å². The van der Waals surface area contributed by atoms with Crippen molar-refractivity contribution in [1.82, 2.24) is 5.32 Å². The first kappa shape index (κ1) is 16.2. The van der Waals surface area contributed by atoms with Gasteiger partial charge in [-0.25, -0.2) is 0 Å². The van der Waals surface area contributed by atoms with Gasteiger partial charge in [-0.2, -0.15) is 0 Å². The molecule has 0 atom stereocenters. The highest BCUT2D eigenvalue weighted by Crippen LogP contribution is 2.34. The summed E-state index contributed by atoms with van der Waals surface area (Å²) < 4.78 is 5.44. The van der Waals surface area contributed by atoms with E-state index in [1.54, 1.807) is 18.2 Å². The summed E-state index contributed by atoms with van der Waals surface area (Å²) in [6.07, 6.45) is 1.72. The van der Waals surface area contributed by atoms with Crippen LogP contribution in [-0.2, 0) is 0 Å². The van der Waals surface area contributed by atoms with Crippen LogP contribution >= 0.6 is 0 Å². The molecule has 2 N–H and O–H groups in total. The minimum absolute atomic E-state index is 0.0180. The number of nitro benzene ring substituents is 1. The van der Waals surface area contributed by atoms with Crippen LogP contribution in [0.25, 0.3) is 0 Å². The number of nitrogens with zero attached hydrogens (tertiary/aromatic N) is 1. The zero-order chi connectivity index (χ0) is 14.8. The van der Waals surface area contributed by atoms with Crippen molar-refractivity contribution >= 4 is 11.4 Å². The second-order valence-electron chi connectivity index (χ2n) is 4.39. The van der Waals surface area contributed by atoms with E-state index < -0.39 is 4.92 Å². The number of nitrogens with one attached hydrogen (secondary N) is 2. The van der Waals surface area contributed by atoms with Crippen LogP contribution in [0.3, 0.4) is 0 Å². The summed E-state index contributed by atoms with van der Waals surface area (Å²) in [5, 5.41) is 17.5. The molecule has 0 radical (unpaired) electrons. The zero-order valence-corrected chi connectivity index (χ0v) is 12.1. The molecule has 0 unspecified atom stereocenters. The lowest BCUT2D eigenvalue weighted by atomic mass is 10.2. The minimum Gasteiger partial charge on any atom is -0.487 e. The third-order valence-corrected chi connectivity index (χ3v) is 2.74. The van der Waals surface area contributed by atoms with Crippen LogP contribution in [0.2, 0.25) is 0 Å². The number of rotatable bonds is 10. The van der Waals surface area contributed by atoms with Gasteiger partial charge in [-0.15, -0.1) is 0 Å². The largest absolute Gasteiger partial charge is 0.487 e. The smallest absolute Gasteiger partial charge is 0.333 e. The third-order valence-electron chi connectivity index (χ3n) is 2.74. The number of nitro groups is 1. The fourth-order valence-electron chi connectivity index (χ4n) is 1.80. The highest BCUT2D eigenvalue weighted by atomic mass is 16.6. The molecule has 0 heterocycles. The minimum atomic E-state index is -0.391. The Kier molecular flexibility index (Phi) is 7.42. The van der Waals surface area contributed by atoms with Gasteiger partial charge in [0.05, 0.1) is 11.5 Å². The Morgan fingerprint density at radius 2 is 2.10 bits per heavy atom. The summed E-state index contributed by atoms with van der Waals surface area (Å²) >= 11 is 0. The molecule has 1 aromatic carbocycles. The monoisotopic (exact) mass is 281 g/mol. The number of hydrogen-bond acceptors (Lipinski definition) is 5. The predicted octanol–water partition coefficient (Wildman–Crippen LogP) is 2.80. The van der Waals surface area contributed by atoms with Gasteiger partial charge in [0.1, 0.15) is 5.69 Å². The van der Waals surface area contributed by atoms with Gasteiger partial charge in [-0.3, -0.25) is 10.1 Å². The highest BCUT2D eigenvalue weighted by molar-refractivity contribution is 5.68. The second-order valence-corrected chi connectivity index (χ2v) is 4.39. The summed E-state index contributed by atoms with van der Waals surface area (Å²) in [7, 11) is 0. The SMILES string of the molecule is CCCOc1cccc(NCCCNCC)c1[N+](=O)[O-]. The van der Waals surface area contributed by atoms with Gasteiger partial charge in [0.25, 0.3) is 0 Å². The molecule has 0 fully saturated rings. The topological polar surface area (TPSA) is 76.4 Å². The quantitative estimate of drug-likeness (QED) is 0.392. The van der Waals surface area contributed by atoms with Crippen molar-refractivity contribution in [2.75, 3.05) is 31.6 Å². The number of hydrogen-bond donors (Lipinski definition) is 2. The Balaban J connectivity index is 2.71. The molecule has 6 heteroatoms. The fraction of sp³-hybridized carbons (Fsp3) is 0.571. The van der Waals surface area contributed by atoms with Gasteiger partial charge in [0, 0.05) is 6.54 Å². The molecule has 0 amide bonds. The molecule has 0 bridgehead atoms. The number of benzene rings is 1. The number of para-hydroxylation sites is 1. The summed E-state index contributed by atoms with van der Waals surface area (Å²) in [5.41, 5.74) is 0.532. The Morgan fingerprint density at radius 3 is 2.75 bits per heavy atom. The summed E-state index contributed by atoms with van der Waals surface area (Å²) in [4.78, 5) is 10.8. The van der Waals surface area contributed by atoms with Crippen LogP contribution in [0.15, 0.2) is 18.2 Å². The van der Waals surface area contributed by atoms with Crippen molar-refractivity contribution in [2.24, 2.45) is 0 Å². The standard InChI is InChI=1S/C14H23N3O3/c1-3-11-20-13-8-5-7-12(14(13)17(18)19)16-10-6-9-15-4-2/h5,7-8,15-16H,3-4,6,9-11H2,1-2H3. The molecule has 112 valence electrons. The molecule has 0 saturated heterocycles. The van der Waals surface area contributed by atoms with Gasteiger partial charge < -0.3 is 15.4 Å². The van der Waals surface area contributed by atoms with Gasteiger partial charge >= 0.3 is 5.69 Å². The average Bonchev–Trinajstić information content (AvgIpc) is 2.44. The van der Waals surface area contributed by atoms with E-state index in [2.05, 4.69) is 10.6 Å². The molecular weight excluding hydrogens is 258 g/mol. The molecule has 0 aliphatic heterocycles. The summed E-state index contributed by atoms with van der Waals surface area (Å²) in [6, 6.07) is 5.12. The molecule has 20 heavy (non-hydrogen) atoms. The van der Waals surface area contributed by atoms with E-state index in [9.17, 15) is 10.1 Å². The normalized spacial score (nSPS) is 10.3. The van der Waals surface area contributed by atoms with E-state index >= 15 is 0 Å². The van der Waals surface area contributed by atoms with Crippen LogP contribution < -0.4 is 15.4 Å². The van der Waals surface area contributed by atoms with E-state index in [1.807, 2.05) is 13.8 Å². The van der Waals surface area contributed by atoms with Crippen LogP contribution in [0, 0.1) is 10.1 Å². The molecule has 6 nitrogen and oxygen atoms in total. The van der Waals surface area contributed by atoms with Crippen molar-refractivity contribution in [2.45, 2.75) is 26.7 Å². The van der Waals surface area contributed by atoms with Crippen molar-refractivity contribution < 1.29 is 9.66 Å². The van der Waals surface area contributed by atoms with Gasteiger partial charge in [-0.05, 0) is 38.1 Å². The first-order valence-electron chi connectivity index (χ1n) is 7.05. The number of anilines is 1. The molecule has 0 aliphatic rings. The second kappa shape index (κ2) is 9.14. The Bertz CT molecular complexity index is 424. The van der Waals surface area contributed by atoms with Crippen molar-refractivity contribution in [3.05, 3.63) is 28.3 Å². The maximum atomic E-state index is 11.2. The lowest BCUT2D eigenvalue weighted by Crippen LogP contribution is -2.17. The molecule has 1 rings (SSSR count). The Hall–Kier alpha value is -1.82. The van der Waals surface area contributed by atoms with Gasteiger partial charge in [0.15, 0.2) is 5.75 Å². The zero-order valence-electron chi connectivity index (χ0n) is 12.1. The summed E-state index contributed by atoms with van der Waals surface area (Å²) in [5.74, 6) is 0.327. The van der Waals surface area contributed by atoms with Gasteiger partial charge in [0.2, 0.25) is 0 Å². The fourth-order valence-corrected chi connectivity index (χ4v) is 1.80. The van der Waals surface area contributed by atoms with Crippen LogP contribution in [0.4, 0.5) is 11.4 Å². The van der Waals surface area contributed by atoms with Crippen LogP contribution in [-0.4, -0.2) is 31.2 Å². The maximum Gasteiger partial charge on any atom is 0.333 e. The lowest BCUT2D eigenvalue weighted by Gasteiger charge is -2.11. The van der Waals surface area contributed by atoms with Crippen LogP contribution in [0.5, 0.6) is 5.75 Å². The molecule has 0 spiro atoms. The molecule has 0 aromatic heterocycles. The maximum absolute atomic E-state index is 11.2. The van der Waals surface area contributed by atoms with Gasteiger partial charge in [-0.1, -0.05) is 19.9 Å². The first-order valence-corrected chi connectivity index (χ1v) is 7.05. The highest BCUT2D eigenvalue weighted by Gasteiger charge is 2.20. The number of ether oxygens (including phenoxy) is 1. The van der Waals surface area contributed by atoms with E-state index in [0.29, 0.717) is 24.6 Å². The Morgan fingerprint density at radius 1 is 1.30 bits per heavy atom. The van der Waals surface area contributed by atoms with Crippen molar-refractivity contribution in [1.29, 1.82) is 0 Å². The predicted molar refractivity (Wildman–Crippen MR) is 80.5 cm³/mol.